The summed E-state index contributed by atoms with van der Waals surface area (Å²) in [5, 5.41) is 6.62. The Morgan fingerprint density at radius 1 is 1.15 bits per heavy atom. The molecule has 5 heteroatoms. The van der Waals surface area contributed by atoms with Crippen LogP contribution in [0.4, 0.5) is 0 Å². The van der Waals surface area contributed by atoms with E-state index in [1.54, 1.807) is 0 Å². The van der Waals surface area contributed by atoms with Gasteiger partial charge in [0.15, 0.2) is 0 Å². The molecule has 1 aliphatic rings. The minimum Gasteiger partial charge on any atom is -0.354 e. The fourth-order valence-corrected chi connectivity index (χ4v) is 2.14. The Morgan fingerprint density at radius 3 is 2.65 bits per heavy atom. The number of aromatic amines is 1. The van der Waals surface area contributed by atoms with Crippen LogP contribution >= 0.6 is 0 Å². The van der Waals surface area contributed by atoms with E-state index < -0.39 is 0 Å². The van der Waals surface area contributed by atoms with Crippen LogP contribution in [0.1, 0.15) is 23.3 Å². The lowest BCUT2D eigenvalue weighted by Crippen LogP contribution is -2.35. The smallest absolute Gasteiger partial charge is 0.267 e. The number of carbonyl (C=O) groups is 2. The Bertz CT molecular complexity index is 610. The van der Waals surface area contributed by atoms with Crippen LogP contribution in [0.5, 0.6) is 0 Å². The number of hydrogen-bond donors (Lipinski definition) is 3. The molecule has 2 aromatic rings. The zero-order valence-electron chi connectivity index (χ0n) is 11.1. The molecule has 0 spiro atoms. The van der Waals surface area contributed by atoms with Crippen molar-refractivity contribution >= 4 is 22.7 Å². The lowest BCUT2D eigenvalue weighted by Gasteiger charge is -2.05. The molecule has 0 unspecified atom stereocenters. The minimum absolute atomic E-state index is 0.102. The molecule has 0 aliphatic heterocycles. The Labute approximate surface area is 116 Å². The van der Waals surface area contributed by atoms with E-state index in [4.69, 9.17) is 0 Å². The molecular formula is C15H17N3O2. The van der Waals surface area contributed by atoms with Gasteiger partial charge in [0.05, 0.1) is 0 Å². The number of rotatable bonds is 5. The van der Waals surface area contributed by atoms with Crippen molar-refractivity contribution in [3.63, 3.8) is 0 Å². The van der Waals surface area contributed by atoms with Gasteiger partial charge in [0.2, 0.25) is 5.91 Å². The highest BCUT2D eigenvalue weighted by Gasteiger charge is 2.28. The second kappa shape index (κ2) is 5.36. The van der Waals surface area contributed by atoms with Crippen LogP contribution in [-0.2, 0) is 4.79 Å². The van der Waals surface area contributed by atoms with Crippen molar-refractivity contribution in [3.8, 4) is 0 Å². The third-order valence-corrected chi connectivity index (χ3v) is 3.43. The van der Waals surface area contributed by atoms with Crippen molar-refractivity contribution in [2.75, 3.05) is 13.1 Å². The van der Waals surface area contributed by atoms with Crippen molar-refractivity contribution in [2.24, 2.45) is 5.92 Å². The van der Waals surface area contributed by atoms with Gasteiger partial charge in [-0.25, -0.2) is 0 Å². The first-order valence-corrected chi connectivity index (χ1v) is 6.88. The average molecular weight is 271 g/mol. The molecule has 1 aromatic carbocycles. The number of carbonyl (C=O) groups excluding carboxylic acids is 2. The van der Waals surface area contributed by atoms with Crippen molar-refractivity contribution in [1.29, 1.82) is 0 Å². The number of para-hydroxylation sites is 1. The number of H-pyrrole nitrogens is 1. The molecule has 0 bridgehead atoms. The number of fused-ring (bicyclic) bond motifs is 1. The SMILES string of the molecule is O=C(NCCNC(=O)C1CC1)c1cc2ccccc2[nH]1. The van der Waals surface area contributed by atoms with Crippen LogP contribution in [0, 0.1) is 5.92 Å². The summed E-state index contributed by atoms with van der Waals surface area (Å²) in [7, 11) is 0. The predicted octanol–water partition coefficient (Wildman–Crippen LogP) is 1.42. The molecule has 0 radical (unpaired) electrons. The fraction of sp³-hybridized carbons (Fsp3) is 0.333. The third-order valence-electron chi connectivity index (χ3n) is 3.43. The quantitative estimate of drug-likeness (QED) is 0.720. The van der Waals surface area contributed by atoms with Gasteiger partial charge in [-0.15, -0.1) is 0 Å². The molecule has 3 rings (SSSR count). The van der Waals surface area contributed by atoms with Gasteiger partial charge in [0.1, 0.15) is 5.69 Å². The molecule has 3 N–H and O–H groups in total. The molecule has 1 fully saturated rings. The van der Waals surface area contributed by atoms with Crippen LogP contribution < -0.4 is 10.6 Å². The van der Waals surface area contributed by atoms with Gasteiger partial charge >= 0.3 is 0 Å². The fourth-order valence-electron chi connectivity index (χ4n) is 2.14. The van der Waals surface area contributed by atoms with Crippen molar-refractivity contribution in [1.82, 2.24) is 15.6 Å². The maximum atomic E-state index is 12.0. The van der Waals surface area contributed by atoms with Crippen molar-refractivity contribution in [3.05, 3.63) is 36.0 Å². The molecule has 20 heavy (non-hydrogen) atoms. The zero-order chi connectivity index (χ0) is 13.9. The van der Waals surface area contributed by atoms with Crippen LogP contribution in [0.2, 0.25) is 0 Å². The van der Waals surface area contributed by atoms with Gasteiger partial charge in [0, 0.05) is 29.9 Å². The van der Waals surface area contributed by atoms with Gasteiger partial charge < -0.3 is 15.6 Å². The molecule has 2 amide bonds. The summed E-state index contributed by atoms with van der Waals surface area (Å²) >= 11 is 0. The summed E-state index contributed by atoms with van der Waals surface area (Å²) in [4.78, 5) is 26.4. The molecule has 104 valence electrons. The first kappa shape index (κ1) is 12.7. The van der Waals surface area contributed by atoms with E-state index in [-0.39, 0.29) is 17.7 Å². The minimum atomic E-state index is -0.151. The van der Waals surface area contributed by atoms with E-state index in [1.807, 2.05) is 30.3 Å². The molecule has 1 saturated carbocycles. The highest BCUT2D eigenvalue weighted by molar-refractivity contribution is 5.98. The van der Waals surface area contributed by atoms with E-state index in [0.717, 1.165) is 23.7 Å². The van der Waals surface area contributed by atoms with Gasteiger partial charge in [-0.3, -0.25) is 9.59 Å². The molecule has 1 aliphatic carbocycles. The standard InChI is InChI=1S/C15H17N3O2/c19-14(10-5-6-10)16-7-8-17-15(20)13-9-11-3-1-2-4-12(11)18-13/h1-4,9-10,18H,5-8H2,(H,16,19)(H,17,20). The molecule has 1 aromatic heterocycles. The van der Waals surface area contributed by atoms with E-state index >= 15 is 0 Å². The van der Waals surface area contributed by atoms with E-state index in [9.17, 15) is 9.59 Å². The van der Waals surface area contributed by atoms with Crippen LogP contribution in [0.25, 0.3) is 10.9 Å². The summed E-state index contributed by atoms with van der Waals surface area (Å²) in [6, 6.07) is 9.58. The Morgan fingerprint density at radius 2 is 1.90 bits per heavy atom. The molecule has 5 nitrogen and oxygen atoms in total. The lowest BCUT2D eigenvalue weighted by molar-refractivity contribution is -0.122. The molecule has 1 heterocycles. The van der Waals surface area contributed by atoms with E-state index in [1.165, 1.54) is 0 Å². The van der Waals surface area contributed by atoms with Gasteiger partial charge in [-0.1, -0.05) is 18.2 Å². The topological polar surface area (TPSA) is 74.0 Å². The Kier molecular flexibility index (Phi) is 3.41. The predicted molar refractivity (Wildman–Crippen MR) is 76.4 cm³/mol. The Hall–Kier alpha value is -2.30. The number of aromatic nitrogens is 1. The van der Waals surface area contributed by atoms with Crippen LogP contribution in [0.15, 0.2) is 30.3 Å². The second-order valence-corrected chi connectivity index (χ2v) is 5.09. The largest absolute Gasteiger partial charge is 0.354 e. The monoisotopic (exact) mass is 271 g/mol. The second-order valence-electron chi connectivity index (χ2n) is 5.09. The molecule has 0 atom stereocenters. The first-order chi connectivity index (χ1) is 9.74. The van der Waals surface area contributed by atoms with Crippen LogP contribution in [-0.4, -0.2) is 29.9 Å². The maximum absolute atomic E-state index is 12.0. The summed E-state index contributed by atoms with van der Waals surface area (Å²) in [5.41, 5.74) is 1.49. The van der Waals surface area contributed by atoms with Crippen LogP contribution in [0.3, 0.4) is 0 Å². The number of amides is 2. The van der Waals surface area contributed by atoms with Gasteiger partial charge in [0.25, 0.3) is 5.91 Å². The highest BCUT2D eigenvalue weighted by Crippen LogP contribution is 2.28. The zero-order valence-corrected chi connectivity index (χ0v) is 11.1. The third kappa shape index (κ3) is 2.82. The number of nitrogens with one attached hydrogen (secondary N) is 3. The van der Waals surface area contributed by atoms with Crippen molar-refractivity contribution < 1.29 is 9.59 Å². The highest BCUT2D eigenvalue weighted by atomic mass is 16.2. The summed E-state index contributed by atoms with van der Waals surface area (Å²) < 4.78 is 0. The number of benzene rings is 1. The molecular weight excluding hydrogens is 254 g/mol. The van der Waals surface area contributed by atoms with E-state index in [2.05, 4.69) is 15.6 Å². The summed E-state index contributed by atoms with van der Waals surface area (Å²) in [5.74, 6) is 0.158. The van der Waals surface area contributed by atoms with Crippen molar-refractivity contribution in [2.45, 2.75) is 12.8 Å². The average Bonchev–Trinajstić information content (AvgIpc) is 3.21. The van der Waals surface area contributed by atoms with Gasteiger partial charge in [-0.2, -0.15) is 0 Å². The normalized spacial score (nSPS) is 14.2. The maximum Gasteiger partial charge on any atom is 0.267 e. The lowest BCUT2D eigenvalue weighted by atomic mass is 10.2. The first-order valence-electron chi connectivity index (χ1n) is 6.88. The Balaban J connectivity index is 1.49. The van der Waals surface area contributed by atoms with Gasteiger partial charge in [-0.05, 0) is 25.0 Å². The molecule has 0 saturated heterocycles. The number of hydrogen-bond acceptors (Lipinski definition) is 2. The summed E-state index contributed by atoms with van der Waals surface area (Å²) in [6.45, 7) is 0.911. The summed E-state index contributed by atoms with van der Waals surface area (Å²) in [6.07, 6.45) is 1.99. The van der Waals surface area contributed by atoms with E-state index in [0.29, 0.717) is 18.8 Å².